The SMILES string of the molecule is CC(C)CCOCCn1cc(C(C)Br)nn1. The molecule has 16 heavy (non-hydrogen) atoms. The maximum atomic E-state index is 5.52. The summed E-state index contributed by atoms with van der Waals surface area (Å²) in [4.78, 5) is 0.253. The third-order valence-electron chi connectivity index (χ3n) is 2.27. The first kappa shape index (κ1) is 13.6. The summed E-state index contributed by atoms with van der Waals surface area (Å²) in [6, 6.07) is 0. The van der Waals surface area contributed by atoms with E-state index in [1.807, 2.05) is 17.8 Å². The van der Waals surface area contributed by atoms with Crippen molar-refractivity contribution >= 4 is 15.9 Å². The normalized spacial score (nSPS) is 13.3. The largest absolute Gasteiger partial charge is 0.380 e. The van der Waals surface area contributed by atoms with Crippen LogP contribution in [-0.4, -0.2) is 28.2 Å². The van der Waals surface area contributed by atoms with Gasteiger partial charge in [-0.1, -0.05) is 35.0 Å². The Morgan fingerprint density at radius 1 is 1.38 bits per heavy atom. The molecule has 5 heteroatoms. The summed E-state index contributed by atoms with van der Waals surface area (Å²) < 4.78 is 7.34. The molecule has 0 N–H and O–H groups in total. The minimum Gasteiger partial charge on any atom is -0.380 e. The lowest BCUT2D eigenvalue weighted by molar-refractivity contribution is 0.113. The van der Waals surface area contributed by atoms with E-state index in [-0.39, 0.29) is 4.83 Å². The molecule has 0 fully saturated rings. The van der Waals surface area contributed by atoms with E-state index in [0.717, 1.165) is 25.3 Å². The third-order valence-corrected chi connectivity index (χ3v) is 2.74. The molecule has 0 amide bonds. The maximum absolute atomic E-state index is 5.52. The standard InChI is InChI=1S/C11H20BrN3O/c1-9(2)4-6-16-7-5-15-8-11(10(3)12)13-14-15/h8-10H,4-7H2,1-3H3. The molecule has 0 aliphatic rings. The first-order valence-electron chi connectivity index (χ1n) is 5.71. The molecule has 1 aromatic heterocycles. The molecule has 0 aliphatic heterocycles. The molecule has 0 aliphatic carbocycles. The Bertz CT molecular complexity index is 299. The number of rotatable bonds is 7. The van der Waals surface area contributed by atoms with E-state index < -0.39 is 0 Å². The Morgan fingerprint density at radius 3 is 2.69 bits per heavy atom. The second-order valence-corrected chi connectivity index (χ2v) is 5.69. The molecule has 0 bridgehead atoms. The molecule has 0 saturated carbocycles. The summed E-state index contributed by atoms with van der Waals surface area (Å²) in [6.07, 6.45) is 3.06. The average Bonchev–Trinajstić information content (AvgIpc) is 2.65. The van der Waals surface area contributed by atoms with Crippen molar-refractivity contribution in [2.45, 2.75) is 38.6 Å². The molecule has 0 saturated heterocycles. The van der Waals surface area contributed by atoms with Gasteiger partial charge in [-0.2, -0.15) is 0 Å². The van der Waals surface area contributed by atoms with Gasteiger partial charge in [0.1, 0.15) is 0 Å². The molecule has 1 unspecified atom stereocenters. The number of hydrogen-bond donors (Lipinski definition) is 0. The van der Waals surface area contributed by atoms with Crippen LogP contribution in [0.3, 0.4) is 0 Å². The van der Waals surface area contributed by atoms with E-state index >= 15 is 0 Å². The van der Waals surface area contributed by atoms with Crippen LogP contribution in [0, 0.1) is 5.92 Å². The fraction of sp³-hybridized carbons (Fsp3) is 0.818. The van der Waals surface area contributed by atoms with Crippen LogP contribution in [0.15, 0.2) is 6.20 Å². The zero-order valence-corrected chi connectivity index (χ0v) is 11.8. The molecule has 1 rings (SSSR count). The minimum atomic E-state index is 0.253. The monoisotopic (exact) mass is 289 g/mol. The number of hydrogen-bond acceptors (Lipinski definition) is 3. The van der Waals surface area contributed by atoms with Gasteiger partial charge in [-0.15, -0.1) is 5.10 Å². The molecular weight excluding hydrogens is 270 g/mol. The van der Waals surface area contributed by atoms with Gasteiger partial charge in [-0.05, 0) is 19.3 Å². The van der Waals surface area contributed by atoms with Gasteiger partial charge in [-0.25, -0.2) is 4.68 Å². The summed E-state index contributed by atoms with van der Waals surface area (Å²) >= 11 is 3.46. The van der Waals surface area contributed by atoms with Crippen molar-refractivity contribution in [1.82, 2.24) is 15.0 Å². The molecule has 0 spiro atoms. The highest BCUT2D eigenvalue weighted by Crippen LogP contribution is 2.17. The second kappa shape index (κ2) is 7.01. The Labute approximate surface area is 105 Å². The Hall–Kier alpha value is -0.420. The van der Waals surface area contributed by atoms with Crippen molar-refractivity contribution in [1.29, 1.82) is 0 Å². The number of aromatic nitrogens is 3. The molecular formula is C11H20BrN3O. The van der Waals surface area contributed by atoms with Gasteiger partial charge >= 0.3 is 0 Å². The van der Waals surface area contributed by atoms with E-state index in [1.54, 1.807) is 0 Å². The van der Waals surface area contributed by atoms with Crippen molar-refractivity contribution in [3.8, 4) is 0 Å². The highest BCUT2D eigenvalue weighted by atomic mass is 79.9. The summed E-state index contributed by atoms with van der Waals surface area (Å²) in [6.45, 7) is 8.73. The zero-order chi connectivity index (χ0) is 12.0. The van der Waals surface area contributed by atoms with Crippen LogP contribution in [-0.2, 0) is 11.3 Å². The topological polar surface area (TPSA) is 39.9 Å². The van der Waals surface area contributed by atoms with Crippen molar-refractivity contribution in [3.63, 3.8) is 0 Å². The Balaban J connectivity index is 2.17. The van der Waals surface area contributed by atoms with Gasteiger partial charge in [0.25, 0.3) is 0 Å². The van der Waals surface area contributed by atoms with E-state index in [4.69, 9.17) is 4.74 Å². The molecule has 1 heterocycles. The van der Waals surface area contributed by atoms with Crippen molar-refractivity contribution in [2.75, 3.05) is 13.2 Å². The number of halogens is 1. The van der Waals surface area contributed by atoms with Gasteiger partial charge in [0.05, 0.1) is 23.7 Å². The summed E-state index contributed by atoms with van der Waals surface area (Å²) in [5, 5.41) is 8.08. The van der Waals surface area contributed by atoms with Gasteiger partial charge < -0.3 is 4.74 Å². The number of nitrogens with zero attached hydrogens (tertiary/aromatic N) is 3. The van der Waals surface area contributed by atoms with Gasteiger partial charge in [0.2, 0.25) is 0 Å². The van der Waals surface area contributed by atoms with Crippen LogP contribution in [0.4, 0.5) is 0 Å². The first-order chi connectivity index (χ1) is 7.59. The van der Waals surface area contributed by atoms with Crippen molar-refractivity contribution < 1.29 is 4.74 Å². The molecule has 1 atom stereocenters. The van der Waals surface area contributed by atoms with Crippen LogP contribution >= 0.6 is 15.9 Å². The fourth-order valence-corrected chi connectivity index (χ4v) is 1.39. The summed E-state index contributed by atoms with van der Waals surface area (Å²) in [5.74, 6) is 0.701. The first-order valence-corrected chi connectivity index (χ1v) is 6.63. The molecule has 1 aromatic rings. The van der Waals surface area contributed by atoms with Gasteiger partial charge in [0, 0.05) is 12.8 Å². The quantitative estimate of drug-likeness (QED) is 0.572. The predicted molar refractivity (Wildman–Crippen MR) is 67.6 cm³/mol. The van der Waals surface area contributed by atoms with E-state index in [1.165, 1.54) is 0 Å². The minimum absolute atomic E-state index is 0.253. The van der Waals surface area contributed by atoms with Gasteiger partial charge in [0.15, 0.2) is 0 Å². The zero-order valence-electron chi connectivity index (χ0n) is 10.2. The highest BCUT2D eigenvalue weighted by Gasteiger charge is 2.05. The van der Waals surface area contributed by atoms with Gasteiger partial charge in [-0.3, -0.25) is 0 Å². The smallest absolute Gasteiger partial charge is 0.0960 e. The van der Waals surface area contributed by atoms with Crippen LogP contribution in [0.2, 0.25) is 0 Å². The maximum Gasteiger partial charge on any atom is 0.0960 e. The Kier molecular flexibility index (Phi) is 5.98. The van der Waals surface area contributed by atoms with Crippen LogP contribution in [0.5, 0.6) is 0 Å². The molecule has 92 valence electrons. The van der Waals surface area contributed by atoms with Crippen molar-refractivity contribution in [2.24, 2.45) is 5.92 Å². The lowest BCUT2D eigenvalue weighted by atomic mass is 10.1. The van der Waals surface area contributed by atoms with Crippen LogP contribution < -0.4 is 0 Å². The van der Waals surface area contributed by atoms with E-state index in [0.29, 0.717) is 12.5 Å². The molecule has 0 radical (unpaired) electrons. The predicted octanol–water partition coefficient (Wildman–Crippen LogP) is 2.80. The second-order valence-electron chi connectivity index (χ2n) is 4.32. The lowest BCUT2D eigenvalue weighted by Crippen LogP contribution is -2.08. The van der Waals surface area contributed by atoms with Crippen molar-refractivity contribution in [3.05, 3.63) is 11.9 Å². The fourth-order valence-electron chi connectivity index (χ4n) is 1.18. The van der Waals surface area contributed by atoms with E-state index in [2.05, 4.69) is 40.1 Å². The molecule has 4 nitrogen and oxygen atoms in total. The lowest BCUT2D eigenvalue weighted by Gasteiger charge is -2.05. The number of alkyl halides is 1. The number of ether oxygens (including phenoxy) is 1. The summed E-state index contributed by atoms with van der Waals surface area (Å²) in [5.41, 5.74) is 0.960. The highest BCUT2D eigenvalue weighted by molar-refractivity contribution is 9.09. The Morgan fingerprint density at radius 2 is 2.12 bits per heavy atom. The summed E-state index contributed by atoms with van der Waals surface area (Å²) in [7, 11) is 0. The average molecular weight is 290 g/mol. The van der Waals surface area contributed by atoms with Crippen LogP contribution in [0.25, 0.3) is 0 Å². The van der Waals surface area contributed by atoms with E-state index in [9.17, 15) is 0 Å². The molecule has 0 aromatic carbocycles. The van der Waals surface area contributed by atoms with Crippen LogP contribution in [0.1, 0.15) is 37.7 Å². The third kappa shape index (κ3) is 5.07.